The molecule has 0 amide bonds. The van der Waals surface area contributed by atoms with Crippen LogP contribution in [-0.4, -0.2) is 21.9 Å². The van der Waals surface area contributed by atoms with E-state index in [1.54, 1.807) is 7.11 Å². The maximum absolute atomic E-state index is 5.83. The Labute approximate surface area is 140 Å². The zero-order chi connectivity index (χ0) is 16.5. The zero-order valence-electron chi connectivity index (χ0n) is 13.4. The Morgan fingerprint density at radius 3 is 2.71 bits per heavy atom. The number of benzene rings is 2. The van der Waals surface area contributed by atoms with Gasteiger partial charge in [-0.15, -0.1) is 5.10 Å². The number of hydrogen-bond donors (Lipinski definition) is 2. The van der Waals surface area contributed by atoms with Gasteiger partial charge in [-0.05, 0) is 29.7 Å². The van der Waals surface area contributed by atoms with Crippen molar-refractivity contribution in [2.24, 2.45) is 0 Å². The first-order chi connectivity index (χ1) is 11.7. The number of anilines is 2. The van der Waals surface area contributed by atoms with Gasteiger partial charge in [0.25, 0.3) is 0 Å². The van der Waals surface area contributed by atoms with Crippen LogP contribution in [0.3, 0.4) is 0 Å². The average Bonchev–Trinajstić information content (AvgIpc) is 3.01. The molecule has 4 rings (SSSR count). The van der Waals surface area contributed by atoms with Gasteiger partial charge >= 0.3 is 0 Å². The fourth-order valence-electron chi connectivity index (χ4n) is 3.22. The highest BCUT2D eigenvalue weighted by Crippen LogP contribution is 2.38. The molecule has 0 saturated carbocycles. The summed E-state index contributed by atoms with van der Waals surface area (Å²) >= 11 is 0. The molecule has 0 fully saturated rings. The summed E-state index contributed by atoms with van der Waals surface area (Å²) in [5.41, 5.74) is 8.17. The van der Waals surface area contributed by atoms with Crippen LogP contribution in [-0.2, 0) is 0 Å². The number of nitrogens with zero attached hydrogens (tertiary/aromatic N) is 3. The van der Waals surface area contributed by atoms with Crippen molar-refractivity contribution in [2.45, 2.75) is 18.5 Å². The van der Waals surface area contributed by atoms with Gasteiger partial charge in [-0.2, -0.15) is 4.98 Å². The molecule has 0 saturated heterocycles. The van der Waals surface area contributed by atoms with Gasteiger partial charge in [-0.1, -0.05) is 42.5 Å². The topological polar surface area (TPSA) is 78.0 Å². The number of nitrogens with two attached hydrogens (primary N) is 1. The molecule has 0 unspecified atom stereocenters. The van der Waals surface area contributed by atoms with Crippen LogP contribution in [0.4, 0.5) is 11.9 Å². The first-order valence-corrected chi connectivity index (χ1v) is 7.92. The first-order valence-electron chi connectivity index (χ1n) is 7.92. The Kier molecular flexibility index (Phi) is 3.57. The van der Waals surface area contributed by atoms with Crippen molar-refractivity contribution in [1.29, 1.82) is 0 Å². The fourth-order valence-corrected chi connectivity index (χ4v) is 3.22. The van der Waals surface area contributed by atoms with Crippen molar-refractivity contribution in [3.63, 3.8) is 0 Å². The highest BCUT2D eigenvalue weighted by atomic mass is 16.5. The molecule has 0 aliphatic carbocycles. The van der Waals surface area contributed by atoms with Crippen LogP contribution < -0.4 is 15.8 Å². The molecule has 0 bridgehead atoms. The molecular formula is C18H19N5O. The highest BCUT2D eigenvalue weighted by molar-refractivity contribution is 5.43. The maximum Gasteiger partial charge on any atom is 0.241 e. The van der Waals surface area contributed by atoms with E-state index >= 15 is 0 Å². The summed E-state index contributed by atoms with van der Waals surface area (Å²) in [5.74, 6) is 1.82. The van der Waals surface area contributed by atoms with Crippen LogP contribution in [0.5, 0.6) is 5.75 Å². The van der Waals surface area contributed by atoms with Crippen LogP contribution in [0, 0.1) is 0 Å². The van der Waals surface area contributed by atoms with E-state index in [4.69, 9.17) is 10.5 Å². The predicted octanol–water partition coefficient (Wildman–Crippen LogP) is 3.02. The van der Waals surface area contributed by atoms with Gasteiger partial charge in [-0.3, -0.25) is 0 Å². The van der Waals surface area contributed by atoms with Gasteiger partial charge in [0.1, 0.15) is 5.75 Å². The monoisotopic (exact) mass is 321 g/mol. The van der Waals surface area contributed by atoms with E-state index in [-0.39, 0.29) is 18.0 Å². The second-order valence-corrected chi connectivity index (χ2v) is 5.87. The van der Waals surface area contributed by atoms with Gasteiger partial charge in [-0.25, -0.2) is 4.68 Å². The maximum atomic E-state index is 5.83. The van der Waals surface area contributed by atoms with E-state index in [2.05, 4.69) is 39.7 Å². The van der Waals surface area contributed by atoms with Crippen molar-refractivity contribution >= 4 is 11.9 Å². The van der Waals surface area contributed by atoms with Gasteiger partial charge in [0, 0.05) is 0 Å². The molecule has 1 aromatic heterocycles. The van der Waals surface area contributed by atoms with E-state index in [0.717, 1.165) is 17.7 Å². The molecule has 2 atom stereocenters. The predicted molar refractivity (Wildman–Crippen MR) is 93.0 cm³/mol. The molecule has 0 radical (unpaired) electrons. The van der Waals surface area contributed by atoms with Crippen molar-refractivity contribution < 1.29 is 4.74 Å². The third kappa shape index (κ3) is 2.56. The Hall–Kier alpha value is -3.02. The minimum atomic E-state index is 0.0865. The lowest BCUT2D eigenvalue weighted by atomic mass is 9.93. The molecule has 3 aromatic rings. The van der Waals surface area contributed by atoms with Gasteiger partial charge in [0.15, 0.2) is 0 Å². The molecule has 2 aromatic carbocycles. The number of rotatable bonds is 3. The molecule has 6 nitrogen and oxygen atoms in total. The summed E-state index contributed by atoms with van der Waals surface area (Å²) in [6.45, 7) is 0. The number of aromatic nitrogens is 3. The van der Waals surface area contributed by atoms with Crippen molar-refractivity contribution in [2.75, 3.05) is 18.2 Å². The number of hydrogen-bond acceptors (Lipinski definition) is 5. The van der Waals surface area contributed by atoms with Gasteiger partial charge in [0.2, 0.25) is 11.9 Å². The zero-order valence-corrected chi connectivity index (χ0v) is 13.4. The van der Waals surface area contributed by atoms with Crippen LogP contribution in [0.25, 0.3) is 0 Å². The number of nitrogens with one attached hydrogen (secondary N) is 1. The van der Waals surface area contributed by atoms with Crippen LogP contribution in [0.1, 0.15) is 29.6 Å². The van der Waals surface area contributed by atoms with Crippen LogP contribution >= 0.6 is 0 Å². The summed E-state index contributed by atoms with van der Waals surface area (Å²) < 4.78 is 7.23. The molecular weight excluding hydrogens is 302 g/mol. The van der Waals surface area contributed by atoms with Crippen molar-refractivity contribution in [1.82, 2.24) is 14.8 Å². The normalized spacial score (nSPS) is 19.4. The standard InChI is InChI=1S/C18H19N5O/c1-24-14-9-5-8-13(10-14)15-11-16(12-6-3-2-4-7-12)23-18(20-15)21-17(19)22-23/h2-10,15-16H,11H2,1H3,(H3,19,20,21,22)/t15-,16-/m1/s1. The van der Waals surface area contributed by atoms with E-state index < -0.39 is 0 Å². The van der Waals surface area contributed by atoms with E-state index in [0.29, 0.717) is 5.95 Å². The summed E-state index contributed by atoms with van der Waals surface area (Å²) in [6, 6.07) is 18.6. The average molecular weight is 321 g/mol. The fraction of sp³-hybridized carbons (Fsp3) is 0.222. The Balaban J connectivity index is 1.75. The Morgan fingerprint density at radius 2 is 1.92 bits per heavy atom. The minimum absolute atomic E-state index is 0.0865. The molecule has 0 spiro atoms. The third-order valence-electron chi connectivity index (χ3n) is 4.39. The molecule has 6 heteroatoms. The number of ether oxygens (including phenoxy) is 1. The first kappa shape index (κ1) is 14.6. The highest BCUT2D eigenvalue weighted by Gasteiger charge is 2.30. The van der Waals surface area contributed by atoms with Crippen molar-refractivity contribution in [3.8, 4) is 5.75 Å². The number of methoxy groups -OCH3 is 1. The molecule has 3 N–H and O–H groups in total. The third-order valence-corrected chi connectivity index (χ3v) is 4.39. The lowest BCUT2D eigenvalue weighted by Gasteiger charge is -2.31. The summed E-state index contributed by atoms with van der Waals surface area (Å²) in [4.78, 5) is 4.33. The van der Waals surface area contributed by atoms with Gasteiger partial charge in [0.05, 0.1) is 19.2 Å². The van der Waals surface area contributed by atoms with Crippen molar-refractivity contribution in [3.05, 3.63) is 65.7 Å². The molecule has 2 heterocycles. The molecule has 122 valence electrons. The smallest absolute Gasteiger partial charge is 0.241 e. The second kappa shape index (κ2) is 5.88. The number of nitrogen functional groups attached to an aromatic ring is 1. The van der Waals surface area contributed by atoms with Crippen LogP contribution in [0.2, 0.25) is 0 Å². The van der Waals surface area contributed by atoms with Crippen LogP contribution in [0.15, 0.2) is 54.6 Å². The quantitative estimate of drug-likeness (QED) is 0.775. The molecule has 1 aliphatic rings. The summed E-state index contributed by atoms with van der Waals surface area (Å²) in [7, 11) is 1.68. The largest absolute Gasteiger partial charge is 0.497 e. The number of fused-ring (bicyclic) bond motifs is 1. The lowest BCUT2D eigenvalue weighted by molar-refractivity contribution is 0.410. The van der Waals surface area contributed by atoms with E-state index in [1.807, 2.05) is 35.0 Å². The summed E-state index contributed by atoms with van der Waals surface area (Å²) in [6.07, 6.45) is 0.854. The Morgan fingerprint density at radius 1 is 1.12 bits per heavy atom. The van der Waals surface area contributed by atoms with E-state index in [1.165, 1.54) is 5.56 Å². The van der Waals surface area contributed by atoms with E-state index in [9.17, 15) is 0 Å². The molecule has 1 aliphatic heterocycles. The second-order valence-electron chi connectivity index (χ2n) is 5.87. The SMILES string of the molecule is COc1cccc([C@H]2C[C@H](c3ccccc3)n3nc(N)nc3N2)c1. The Bertz CT molecular complexity index is 846. The van der Waals surface area contributed by atoms with Gasteiger partial charge < -0.3 is 15.8 Å². The minimum Gasteiger partial charge on any atom is -0.497 e. The summed E-state index contributed by atoms with van der Waals surface area (Å²) in [5, 5.41) is 7.81. The molecule has 24 heavy (non-hydrogen) atoms. The lowest BCUT2D eigenvalue weighted by Crippen LogP contribution is -2.28.